The fraction of sp³-hybridized carbons (Fsp3) is 0.591. The van der Waals surface area contributed by atoms with Crippen molar-refractivity contribution in [1.82, 2.24) is 24.7 Å². The van der Waals surface area contributed by atoms with Crippen LogP contribution in [0, 0.1) is 5.92 Å². The summed E-state index contributed by atoms with van der Waals surface area (Å²) in [4.78, 5) is 28.5. The molecule has 0 spiro atoms. The number of pyridine rings is 1. The molecule has 2 aromatic rings. The van der Waals surface area contributed by atoms with Gasteiger partial charge in [-0.05, 0) is 56.9 Å². The van der Waals surface area contributed by atoms with E-state index in [1.54, 1.807) is 17.5 Å². The molecule has 1 amide bonds. The number of piperidine rings is 2. The molecular formula is C22H31N5OS. The predicted molar refractivity (Wildman–Crippen MR) is 115 cm³/mol. The van der Waals surface area contributed by atoms with Crippen LogP contribution in [0.3, 0.4) is 0 Å². The van der Waals surface area contributed by atoms with Crippen molar-refractivity contribution in [3.63, 3.8) is 0 Å². The summed E-state index contributed by atoms with van der Waals surface area (Å²) in [6.07, 6.45) is 10.1. The number of carbonyl (C=O) groups is 1. The Morgan fingerprint density at radius 1 is 1.24 bits per heavy atom. The quantitative estimate of drug-likeness (QED) is 0.729. The Kier molecular flexibility index (Phi) is 6.90. The Balaban J connectivity index is 1.26. The summed E-state index contributed by atoms with van der Waals surface area (Å²) < 4.78 is 0. The van der Waals surface area contributed by atoms with Crippen LogP contribution in [0.15, 0.2) is 36.1 Å². The van der Waals surface area contributed by atoms with Crippen LogP contribution in [0.25, 0.3) is 0 Å². The Morgan fingerprint density at radius 2 is 2.10 bits per heavy atom. The van der Waals surface area contributed by atoms with E-state index in [1.807, 2.05) is 35.8 Å². The van der Waals surface area contributed by atoms with Crippen LogP contribution in [0.5, 0.6) is 0 Å². The van der Waals surface area contributed by atoms with Crippen LogP contribution in [0.4, 0.5) is 0 Å². The zero-order valence-corrected chi connectivity index (χ0v) is 18.1. The second-order valence-corrected chi connectivity index (χ2v) is 9.30. The summed E-state index contributed by atoms with van der Waals surface area (Å²) in [6.45, 7) is 5.90. The van der Waals surface area contributed by atoms with Gasteiger partial charge in [0.15, 0.2) is 0 Å². The molecule has 4 rings (SSSR count). The highest BCUT2D eigenvalue weighted by atomic mass is 32.1. The zero-order valence-electron chi connectivity index (χ0n) is 17.2. The SMILES string of the molecule is CN(Cc1nccs1)C(=O)[C@H]1CCCN(C2CCN(Cc3cccnc3)CC2)C1. The number of hydrogen-bond acceptors (Lipinski definition) is 6. The maximum atomic E-state index is 13.0. The average molecular weight is 414 g/mol. The minimum Gasteiger partial charge on any atom is -0.339 e. The highest BCUT2D eigenvalue weighted by Gasteiger charge is 2.32. The highest BCUT2D eigenvalue weighted by Crippen LogP contribution is 2.26. The molecule has 2 saturated heterocycles. The van der Waals surface area contributed by atoms with Gasteiger partial charge in [0.05, 0.1) is 12.5 Å². The van der Waals surface area contributed by atoms with Crippen molar-refractivity contribution in [2.24, 2.45) is 5.92 Å². The number of nitrogens with zero attached hydrogens (tertiary/aromatic N) is 5. The molecule has 1 atom stereocenters. The molecule has 156 valence electrons. The van der Waals surface area contributed by atoms with Gasteiger partial charge in [-0.1, -0.05) is 6.07 Å². The topological polar surface area (TPSA) is 52.6 Å². The molecule has 29 heavy (non-hydrogen) atoms. The smallest absolute Gasteiger partial charge is 0.227 e. The van der Waals surface area contributed by atoms with E-state index >= 15 is 0 Å². The molecule has 0 unspecified atom stereocenters. The van der Waals surface area contributed by atoms with Crippen molar-refractivity contribution in [2.75, 3.05) is 33.2 Å². The third kappa shape index (κ3) is 5.41. The van der Waals surface area contributed by atoms with Gasteiger partial charge in [-0.3, -0.25) is 19.6 Å². The second-order valence-electron chi connectivity index (χ2n) is 8.32. The monoisotopic (exact) mass is 413 g/mol. The minimum absolute atomic E-state index is 0.127. The van der Waals surface area contributed by atoms with E-state index < -0.39 is 0 Å². The van der Waals surface area contributed by atoms with Gasteiger partial charge in [0.25, 0.3) is 0 Å². The minimum atomic E-state index is 0.127. The third-order valence-corrected chi connectivity index (χ3v) is 7.00. The zero-order chi connectivity index (χ0) is 20.1. The molecule has 7 heteroatoms. The van der Waals surface area contributed by atoms with E-state index in [0.717, 1.165) is 50.6 Å². The Labute approximate surface area is 177 Å². The van der Waals surface area contributed by atoms with Crippen LogP contribution in [-0.4, -0.2) is 69.8 Å². The molecule has 0 aliphatic carbocycles. The number of rotatable bonds is 6. The van der Waals surface area contributed by atoms with Gasteiger partial charge in [-0.15, -0.1) is 11.3 Å². The molecule has 2 fully saturated rings. The van der Waals surface area contributed by atoms with E-state index in [9.17, 15) is 4.79 Å². The Morgan fingerprint density at radius 3 is 2.83 bits per heavy atom. The molecule has 2 aliphatic heterocycles. The molecule has 2 aromatic heterocycles. The van der Waals surface area contributed by atoms with Crippen molar-refractivity contribution >= 4 is 17.2 Å². The van der Waals surface area contributed by atoms with Crippen LogP contribution >= 0.6 is 11.3 Å². The summed E-state index contributed by atoms with van der Waals surface area (Å²) in [7, 11) is 1.92. The lowest BCUT2D eigenvalue weighted by Gasteiger charge is -2.42. The third-order valence-electron chi connectivity index (χ3n) is 6.24. The normalized spacial score (nSPS) is 21.9. The lowest BCUT2D eigenvalue weighted by Crippen LogP contribution is -2.50. The fourth-order valence-electron chi connectivity index (χ4n) is 4.66. The van der Waals surface area contributed by atoms with Gasteiger partial charge in [0.2, 0.25) is 5.91 Å². The van der Waals surface area contributed by atoms with Gasteiger partial charge in [-0.2, -0.15) is 0 Å². The molecule has 0 radical (unpaired) electrons. The number of hydrogen-bond donors (Lipinski definition) is 0. The van der Waals surface area contributed by atoms with Gasteiger partial charge < -0.3 is 4.90 Å². The van der Waals surface area contributed by atoms with Gasteiger partial charge in [0, 0.05) is 50.1 Å². The van der Waals surface area contributed by atoms with E-state index in [4.69, 9.17) is 0 Å². The number of likely N-dealkylation sites (tertiary alicyclic amines) is 2. The summed E-state index contributed by atoms with van der Waals surface area (Å²) >= 11 is 1.62. The van der Waals surface area contributed by atoms with E-state index in [-0.39, 0.29) is 11.8 Å². The molecule has 6 nitrogen and oxygen atoms in total. The van der Waals surface area contributed by atoms with Crippen LogP contribution in [0.2, 0.25) is 0 Å². The van der Waals surface area contributed by atoms with Crippen molar-refractivity contribution in [3.8, 4) is 0 Å². The average Bonchev–Trinajstić information content (AvgIpc) is 3.27. The van der Waals surface area contributed by atoms with Crippen LogP contribution in [0.1, 0.15) is 36.3 Å². The van der Waals surface area contributed by atoms with Crippen LogP contribution < -0.4 is 0 Å². The number of carbonyl (C=O) groups excluding carboxylic acids is 1. The summed E-state index contributed by atoms with van der Waals surface area (Å²) in [5, 5.41) is 2.98. The van der Waals surface area contributed by atoms with Gasteiger partial charge >= 0.3 is 0 Å². The van der Waals surface area contributed by atoms with Gasteiger partial charge in [0.1, 0.15) is 5.01 Å². The molecule has 0 aromatic carbocycles. The van der Waals surface area contributed by atoms with Crippen LogP contribution in [-0.2, 0) is 17.9 Å². The van der Waals surface area contributed by atoms with E-state index in [0.29, 0.717) is 12.6 Å². The van der Waals surface area contributed by atoms with Gasteiger partial charge in [-0.25, -0.2) is 4.98 Å². The number of aromatic nitrogens is 2. The standard InChI is InChI=1S/C22H31N5OS/c1-25(17-21-24-9-13-29-21)22(28)19-5-3-10-27(16-19)20-6-11-26(12-7-20)15-18-4-2-8-23-14-18/h2,4,8-9,13-14,19-20H,3,5-7,10-12,15-17H2,1H3/t19-/m0/s1. The molecular weight excluding hydrogens is 382 g/mol. The lowest BCUT2D eigenvalue weighted by atomic mass is 9.93. The molecule has 2 aliphatic rings. The first-order valence-corrected chi connectivity index (χ1v) is 11.6. The largest absolute Gasteiger partial charge is 0.339 e. The van der Waals surface area contributed by atoms with Crippen molar-refractivity contribution < 1.29 is 4.79 Å². The lowest BCUT2D eigenvalue weighted by molar-refractivity contribution is -0.137. The van der Waals surface area contributed by atoms with Crippen molar-refractivity contribution in [1.29, 1.82) is 0 Å². The number of amides is 1. The molecule has 0 saturated carbocycles. The summed E-state index contributed by atoms with van der Waals surface area (Å²) in [5.74, 6) is 0.404. The maximum absolute atomic E-state index is 13.0. The summed E-state index contributed by atoms with van der Waals surface area (Å²) in [5.41, 5.74) is 1.29. The Bertz CT molecular complexity index is 761. The van der Waals surface area contributed by atoms with Crippen molar-refractivity contribution in [3.05, 3.63) is 46.7 Å². The number of thiazole rings is 1. The fourth-order valence-corrected chi connectivity index (χ4v) is 5.32. The first-order chi connectivity index (χ1) is 14.2. The molecule has 0 bridgehead atoms. The maximum Gasteiger partial charge on any atom is 0.227 e. The Hall–Kier alpha value is -1.83. The first-order valence-electron chi connectivity index (χ1n) is 10.7. The van der Waals surface area contributed by atoms with E-state index in [2.05, 4.69) is 25.8 Å². The second kappa shape index (κ2) is 9.78. The highest BCUT2D eigenvalue weighted by molar-refractivity contribution is 7.09. The summed E-state index contributed by atoms with van der Waals surface area (Å²) in [6, 6.07) is 4.78. The first kappa shape index (κ1) is 20.4. The molecule has 0 N–H and O–H groups in total. The van der Waals surface area contributed by atoms with E-state index in [1.165, 1.54) is 18.4 Å². The predicted octanol–water partition coefficient (Wildman–Crippen LogP) is 2.87. The van der Waals surface area contributed by atoms with Crippen molar-refractivity contribution in [2.45, 2.75) is 44.8 Å². The molecule has 4 heterocycles.